The van der Waals surface area contributed by atoms with Crippen LogP contribution in [0.5, 0.6) is 0 Å². The highest BCUT2D eigenvalue weighted by molar-refractivity contribution is 5.85. The van der Waals surface area contributed by atoms with E-state index in [0.29, 0.717) is 0 Å². The smallest absolute Gasteiger partial charge is 0.154 e. The predicted octanol–water partition coefficient (Wildman–Crippen LogP) is 4.11. The highest BCUT2D eigenvalue weighted by Crippen LogP contribution is 2.32. The van der Waals surface area contributed by atoms with Gasteiger partial charge in [-0.2, -0.15) is 0 Å². The fourth-order valence-electron chi connectivity index (χ4n) is 2.53. The van der Waals surface area contributed by atoms with Crippen molar-refractivity contribution in [3.63, 3.8) is 0 Å². The number of nitrogens with zero attached hydrogens (tertiary/aromatic N) is 2. The van der Waals surface area contributed by atoms with Crippen LogP contribution in [0.25, 0.3) is 22.4 Å². The molecular formula is C17H19N3O. The minimum absolute atomic E-state index is 0.793. The summed E-state index contributed by atoms with van der Waals surface area (Å²) in [6.45, 7) is 6.12. The first-order valence-corrected chi connectivity index (χ1v) is 7.18. The largest absolute Gasteiger partial charge is 0.454 e. The molecule has 2 aromatic heterocycles. The molecule has 0 aliphatic carbocycles. The van der Waals surface area contributed by atoms with Gasteiger partial charge >= 0.3 is 0 Å². The SMILES string of the molecule is CCc1nc(NC)c(C)c(-c2cc3cccc(C)c3o2)n1. The molecule has 3 aromatic rings. The molecule has 0 saturated carbocycles. The van der Waals surface area contributed by atoms with Crippen LogP contribution in [0.1, 0.15) is 23.9 Å². The van der Waals surface area contributed by atoms with Crippen molar-refractivity contribution in [2.24, 2.45) is 0 Å². The van der Waals surface area contributed by atoms with E-state index in [0.717, 1.165) is 51.6 Å². The Morgan fingerprint density at radius 1 is 1.19 bits per heavy atom. The van der Waals surface area contributed by atoms with Crippen molar-refractivity contribution in [2.75, 3.05) is 12.4 Å². The molecule has 4 heteroatoms. The molecule has 0 saturated heterocycles. The molecule has 2 heterocycles. The maximum Gasteiger partial charge on any atom is 0.154 e. The number of nitrogens with one attached hydrogen (secondary N) is 1. The van der Waals surface area contributed by atoms with Crippen molar-refractivity contribution in [1.29, 1.82) is 0 Å². The Balaban J connectivity index is 2.24. The second kappa shape index (κ2) is 5.20. The summed E-state index contributed by atoms with van der Waals surface area (Å²) in [6.07, 6.45) is 0.793. The molecule has 21 heavy (non-hydrogen) atoms. The fourth-order valence-corrected chi connectivity index (χ4v) is 2.53. The van der Waals surface area contributed by atoms with Gasteiger partial charge in [0.1, 0.15) is 22.9 Å². The van der Waals surface area contributed by atoms with Crippen LogP contribution in [0.4, 0.5) is 5.82 Å². The normalized spacial score (nSPS) is 11.0. The molecule has 0 fully saturated rings. The molecule has 0 spiro atoms. The van der Waals surface area contributed by atoms with Gasteiger partial charge in [-0.05, 0) is 25.5 Å². The number of para-hydroxylation sites is 1. The summed E-state index contributed by atoms with van der Waals surface area (Å²) >= 11 is 0. The van der Waals surface area contributed by atoms with Crippen LogP contribution in [0.15, 0.2) is 28.7 Å². The molecular weight excluding hydrogens is 262 g/mol. The van der Waals surface area contributed by atoms with Crippen LogP contribution in [0.2, 0.25) is 0 Å². The lowest BCUT2D eigenvalue weighted by Gasteiger charge is -2.09. The topological polar surface area (TPSA) is 51.0 Å². The lowest BCUT2D eigenvalue weighted by Crippen LogP contribution is -2.04. The molecule has 108 valence electrons. The number of fused-ring (bicyclic) bond motifs is 1. The summed E-state index contributed by atoms with van der Waals surface area (Å²) in [7, 11) is 1.88. The minimum Gasteiger partial charge on any atom is -0.454 e. The van der Waals surface area contributed by atoms with E-state index in [1.165, 1.54) is 0 Å². The molecule has 1 aromatic carbocycles. The maximum absolute atomic E-state index is 6.05. The highest BCUT2D eigenvalue weighted by atomic mass is 16.3. The molecule has 0 unspecified atom stereocenters. The zero-order valence-corrected chi connectivity index (χ0v) is 12.8. The summed E-state index contributed by atoms with van der Waals surface area (Å²) in [5, 5.41) is 4.24. The van der Waals surface area contributed by atoms with E-state index in [4.69, 9.17) is 4.42 Å². The number of aromatic nitrogens is 2. The zero-order chi connectivity index (χ0) is 15.0. The molecule has 0 atom stereocenters. The number of furan rings is 1. The molecule has 0 aliphatic heterocycles. The summed E-state index contributed by atoms with van der Waals surface area (Å²) in [4.78, 5) is 9.15. The third-order valence-corrected chi connectivity index (χ3v) is 3.72. The average Bonchev–Trinajstić information content (AvgIpc) is 2.93. The van der Waals surface area contributed by atoms with Gasteiger partial charge in [-0.3, -0.25) is 0 Å². The van der Waals surface area contributed by atoms with Crippen molar-refractivity contribution >= 4 is 16.8 Å². The van der Waals surface area contributed by atoms with Crippen LogP contribution < -0.4 is 5.32 Å². The van der Waals surface area contributed by atoms with E-state index in [2.05, 4.69) is 47.3 Å². The van der Waals surface area contributed by atoms with Crippen molar-refractivity contribution < 1.29 is 4.42 Å². The molecule has 4 nitrogen and oxygen atoms in total. The molecule has 0 radical (unpaired) electrons. The maximum atomic E-state index is 6.05. The predicted molar refractivity (Wildman–Crippen MR) is 85.6 cm³/mol. The zero-order valence-electron chi connectivity index (χ0n) is 12.8. The van der Waals surface area contributed by atoms with Crippen LogP contribution in [0.3, 0.4) is 0 Å². The fraction of sp³-hybridized carbons (Fsp3) is 0.294. The molecule has 0 bridgehead atoms. The van der Waals surface area contributed by atoms with E-state index < -0.39 is 0 Å². The number of benzene rings is 1. The van der Waals surface area contributed by atoms with Gasteiger partial charge in [0.15, 0.2) is 5.76 Å². The lowest BCUT2D eigenvalue weighted by atomic mass is 10.1. The lowest BCUT2D eigenvalue weighted by molar-refractivity contribution is 0.624. The van der Waals surface area contributed by atoms with E-state index in [1.807, 2.05) is 20.0 Å². The van der Waals surface area contributed by atoms with Gasteiger partial charge in [0.25, 0.3) is 0 Å². The monoisotopic (exact) mass is 281 g/mol. The van der Waals surface area contributed by atoms with Crippen LogP contribution >= 0.6 is 0 Å². The number of rotatable bonds is 3. The van der Waals surface area contributed by atoms with Crippen molar-refractivity contribution in [2.45, 2.75) is 27.2 Å². The Kier molecular flexibility index (Phi) is 3.37. The van der Waals surface area contributed by atoms with Gasteiger partial charge < -0.3 is 9.73 Å². The third-order valence-electron chi connectivity index (χ3n) is 3.72. The number of aryl methyl sites for hydroxylation is 2. The van der Waals surface area contributed by atoms with Crippen LogP contribution in [0, 0.1) is 13.8 Å². The van der Waals surface area contributed by atoms with Crippen LogP contribution in [-0.2, 0) is 6.42 Å². The Labute approximate surface area is 124 Å². The first kappa shape index (κ1) is 13.6. The van der Waals surface area contributed by atoms with Gasteiger partial charge in [-0.25, -0.2) is 9.97 Å². The van der Waals surface area contributed by atoms with Crippen LogP contribution in [-0.4, -0.2) is 17.0 Å². The summed E-state index contributed by atoms with van der Waals surface area (Å²) in [5.41, 5.74) is 3.93. The second-order valence-electron chi connectivity index (χ2n) is 5.17. The van der Waals surface area contributed by atoms with Gasteiger partial charge in [-0.1, -0.05) is 25.1 Å². The van der Waals surface area contributed by atoms with E-state index in [1.54, 1.807) is 0 Å². The third kappa shape index (κ3) is 2.27. The Hall–Kier alpha value is -2.36. The van der Waals surface area contributed by atoms with Crippen molar-refractivity contribution in [3.8, 4) is 11.5 Å². The van der Waals surface area contributed by atoms with Gasteiger partial charge in [0.2, 0.25) is 0 Å². The summed E-state index contributed by atoms with van der Waals surface area (Å²) in [5.74, 6) is 2.47. The standard InChI is InChI=1S/C17H19N3O/c1-5-14-19-15(11(3)17(18-4)20-14)13-9-12-8-6-7-10(2)16(12)21-13/h6-9H,5H2,1-4H3,(H,18,19,20). The minimum atomic E-state index is 0.793. The Bertz CT molecular complexity index is 805. The molecule has 3 rings (SSSR count). The Morgan fingerprint density at radius 3 is 2.67 bits per heavy atom. The van der Waals surface area contributed by atoms with Gasteiger partial charge in [0, 0.05) is 24.4 Å². The van der Waals surface area contributed by atoms with E-state index in [-0.39, 0.29) is 0 Å². The molecule has 0 amide bonds. The second-order valence-corrected chi connectivity index (χ2v) is 5.17. The van der Waals surface area contributed by atoms with E-state index in [9.17, 15) is 0 Å². The Morgan fingerprint density at radius 2 is 2.00 bits per heavy atom. The quantitative estimate of drug-likeness (QED) is 0.785. The summed E-state index contributed by atoms with van der Waals surface area (Å²) < 4.78 is 6.05. The number of anilines is 1. The van der Waals surface area contributed by atoms with Crippen molar-refractivity contribution in [1.82, 2.24) is 9.97 Å². The number of hydrogen-bond donors (Lipinski definition) is 1. The van der Waals surface area contributed by atoms with Gasteiger partial charge in [0.05, 0.1) is 0 Å². The molecule has 0 aliphatic rings. The first-order valence-electron chi connectivity index (χ1n) is 7.18. The van der Waals surface area contributed by atoms with Gasteiger partial charge in [-0.15, -0.1) is 0 Å². The summed E-state index contributed by atoms with van der Waals surface area (Å²) in [6, 6.07) is 8.21. The van der Waals surface area contributed by atoms with E-state index >= 15 is 0 Å². The average molecular weight is 281 g/mol. The van der Waals surface area contributed by atoms with Crippen molar-refractivity contribution in [3.05, 3.63) is 41.2 Å². The number of hydrogen-bond acceptors (Lipinski definition) is 4. The highest BCUT2D eigenvalue weighted by Gasteiger charge is 2.15. The first-order chi connectivity index (χ1) is 10.1. The molecule has 1 N–H and O–H groups in total.